The highest BCUT2D eigenvalue weighted by molar-refractivity contribution is 5.80. The summed E-state index contributed by atoms with van der Waals surface area (Å²) in [4.78, 5) is 0. The van der Waals surface area contributed by atoms with Crippen molar-refractivity contribution in [2.75, 3.05) is 11.9 Å². The fourth-order valence-electron chi connectivity index (χ4n) is 2.25. The molecule has 0 saturated heterocycles. The standard InChI is InChI=1S/C16H14F2N2/c17-13-1-4-15(5-2-13)19-8-10-20-9-7-12-11-14(18)3-6-16(12)20/h1-7,9,11,19H,8,10H2. The van der Waals surface area contributed by atoms with Gasteiger partial charge in [0.05, 0.1) is 0 Å². The van der Waals surface area contributed by atoms with Crippen LogP contribution in [0.1, 0.15) is 0 Å². The van der Waals surface area contributed by atoms with Crippen molar-refractivity contribution in [1.82, 2.24) is 4.57 Å². The molecule has 2 nitrogen and oxygen atoms in total. The van der Waals surface area contributed by atoms with Crippen LogP contribution in [-0.2, 0) is 6.54 Å². The van der Waals surface area contributed by atoms with Crippen molar-refractivity contribution in [3.63, 3.8) is 0 Å². The number of hydrogen-bond donors (Lipinski definition) is 1. The minimum Gasteiger partial charge on any atom is -0.383 e. The number of fused-ring (bicyclic) bond motifs is 1. The molecule has 0 aliphatic carbocycles. The molecule has 0 atom stereocenters. The SMILES string of the molecule is Fc1ccc(NCCn2ccc3cc(F)ccc32)cc1. The maximum Gasteiger partial charge on any atom is 0.123 e. The summed E-state index contributed by atoms with van der Waals surface area (Å²) in [6.07, 6.45) is 1.94. The van der Waals surface area contributed by atoms with Crippen molar-refractivity contribution in [3.05, 3.63) is 66.4 Å². The van der Waals surface area contributed by atoms with Crippen LogP contribution >= 0.6 is 0 Å². The van der Waals surface area contributed by atoms with Crippen molar-refractivity contribution in [3.8, 4) is 0 Å². The lowest BCUT2D eigenvalue weighted by Crippen LogP contribution is -2.09. The quantitative estimate of drug-likeness (QED) is 0.758. The minimum atomic E-state index is -0.242. The maximum absolute atomic E-state index is 13.1. The molecule has 0 spiro atoms. The predicted octanol–water partition coefficient (Wildman–Crippen LogP) is 4.03. The largest absolute Gasteiger partial charge is 0.383 e. The van der Waals surface area contributed by atoms with E-state index in [2.05, 4.69) is 9.88 Å². The highest BCUT2D eigenvalue weighted by atomic mass is 19.1. The fourth-order valence-corrected chi connectivity index (χ4v) is 2.25. The molecular formula is C16H14F2N2. The van der Waals surface area contributed by atoms with E-state index in [9.17, 15) is 8.78 Å². The van der Waals surface area contributed by atoms with Gasteiger partial charge in [0.25, 0.3) is 0 Å². The zero-order valence-electron chi connectivity index (χ0n) is 10.8. The highest BCUT2D eigenvalue weighted by Gasteiger charge is 2.02. The van der Waals surface area contributed by atoms with Gasteiger partial charge in [-0.3, -0.25) is 0 Å². The summed E-state index contributed by atoms with van der Waals surface area (Å²) in [7, 11) is 0. The Morgan fingerprint density at radius 3 is 2.45 bits per heavy atom. The molecule has 3 rings (SSSR count). The molecule has 0 fully saturated rings. The Morgan fingerprint density at radius 1 is 0.900 bits per heavy atom. The first kappa shape index (κ1) is 12.7. The number of halogens is 2. The molecule has 0 unspecified atom stereocenters. The molecule has 102 valence electrons. The Morgan fingerprint density at radius 2 is 1.65 bits per heavy atom. The van der Waals surface area contributed by atoms with E-state index in [1.165, 1.54) is 24.3 Å². The summed E-state index contributed by atoms with van der Waals surface area (Å²) >= 11 is 0. The Labute approximate surface area is 115 Å². The van der Waals surface area contributed by atoms with Gasteiger partial charge in [0.1, 0.15) is 11.6 Å². The van der Waals surface area contributed by atoms with Gasteiger partial charge in [0.15, 0.2) is 0 Å². The highest BCUT2D eigenvalue weighted by Crippen LogP contribution is 2.17. The van der Waals surface area contributed by atoms with Crippen LogP contribution in [-0.4, -0.2) is 11.1 Å². The van der Waals surface area contributed by atoms with Crippen LogP contribution in [0.2, 0.25) is 0 Å². The molecule has 0 amide bonds. The van der Waals surface area contributed by atoms with Crippen LogP contribution in [0.15, 0.2) is 54.7 Å². The molecule has 4 heteroatoms. The summed E-state index contributed by atoms with van der Waals surface area (Å²) in [6.45, 7) is 1.47. The summed E-state index contributed by atoms with van der Waals surface area (Å²) in [5.74, 6) is -0.464. The number of anilines is 1. The van der Waals surface area contributed by atoms with Crippen molar-refractivity contribution in [2.24, 2.45) is 0 Å². The zero-order valence-corrected chi connectivity index (χ0v) is 10.8. The van der Waals surface area contributed by atoms with Gasteiger partial charge in [-0.05, 0) is 48.5 Å². The molecule has 1 aromatic heterocycles. The van der Waals surface area contributed by atoms with E-state index < -0.39 is 0 Å². The van der Waals surface area contributed by atoms with Gasteiger partial charge < -0.3 is 9.88 Å². The fraction of sp³-hybridized carbons (Fsp3) is 0.125. The van der Waals surface area contributed by atoms with Crippen LogP contribution in [0.3, 0.4) is 0 Å². The smallest absolute Gasteiger partial charge is 0.123 e. The van der Waals surface area contributed by atoms with Crippen molar-refractivity contribution in [1.29, 1.82) is 0 Å². The van der Waals surface area contributed by atoms with Gasteiger partial charge in [-0.15, -0.1) is 0 Å². The van der Waals surface area contributed by atoms with Crippen LogP contribution in [0.4, 0.5) is 14.5 Å². The second kappa shape index (κ2) is 5.33. The molecule has 3 aromatic rings. The summed E-state index contributed by atoms with van der Waals surface area (Å²) in [5, 5.41) is 4.12. The van der Waals surface area contributed by atoms with Crippen LogP contribution in [0.5, 0.6) is 0 Å². The Balaban J connectivity index is 1.66. The van der Waals surface area contributed by atoms with E-state index in [1.54, 1.807) is 18.2 Å². The Kier molecular flexibility index (Phi) is 3.37. The molecule has 0 aliphatic rings. The molecule has 1 heterocycles. The molecule has 0 bridgehead atoms. The van der Waals surface area contributed by atoms with Crippen LogP contribution in [0.25, 0.3) is 10.9 Å². The first-order valence-corrected chi connectivity index (χ1v) is 6.46. The number of hydrogen-bond acceptors (Lipinski definition) is 1. The lowest BCUT2D eigenvalue weighted by atomic mass is 10.2. The van der Waals surface area contributed by atoms with E-state index in [-0.39, 0.29) is 11.6 Å². The number of benzene rings is 2. The van der Waals surface area contributed by atoms with Gasteiger partial charge in [0, 0.05) is 35.9 Å². The van der Waals surface area contributed by atoms with Crippen molar-refractivity contribution in [2.45, 2.75) is 6.54 Å². The van der Waals surface area contributed by atoms with E-state index in [4.69, 9.17) is 0 Å². The third-order valence-corrected chi connectivity index (χ3v) is 3.26. The zero-order chi connectivity index (χ0) is 13.9. The monoisotopic (exact) mass is 272 g/mol. The predicted molar refractivity (Wildman–Crippen MR) is 76.8 cm³/mol. The number of aromatic nitrogens is 1. The van der Waals surface area contributed by atoms with E-state index in [0.717, 1.165) is 23.1 Å². The molecule has 0 radical (unpaired) electrons. The average Bonchev–Trinajstić information content (AvgIpc) is 2.83. The molecular weight excluding hydrogens is 258 g/mol. The first-order chi connectivity index (χ1) is 9.72. The summed E-state index contributed by atoms with van der Waals surface area (Å²) < 4.78 is 27.9. The number of nitrogens with zero attached hydrogens (tertiary/aromatic N) is 1. The van der Waals surface area contributed by atoms with Crippen molar-refractivity contribution < 1.29 is 8.78 Å². The Bertz CT molecular complexity index is 717. The topological polar surface area (TPSA) is 17.0 Å². The van der Waals surface area contributed by atoms with E-state index in [1.807, 2.05) is 12.3 Å². The van der Waals surface area contributed by atoms with Gasteiger partial charge >= 0.3 is 0 Å². The average molecular weight is 272 g/mol. The van der Waals surface area contributed by atoms with E-state index in [0.29, 0.717) is 6.54 Å². The van der Waals surface area contributed by atoms with Crippen molar-refractivity contribution >= 4 is 16.6 Å². The molecule has 1 N–H and O–H groups in total. The van der Waals surface area contributed by atoms with Gasteiger partial charge in [0.2, 0.25) is 0 Å². The third-order valence-electron chi connectivity index (χ3n) is 3.26. The normalized spacial score (nSPS) is 10.9. The lowest BCUT2D eigenvalue weighted by Gasteiger charge is -2.08. The van der Waals surface area contributed by atoms with Gasteiger partial charge in [-0.25, -0.2) is 8.78 Å². The van der Waals surface area contributed by atoms with Crippen LogP contribution < -0.4 is 5.32 Å². The Hall–Kier alpha value is -2.36. The van der Waals surface area contributed by atoms with E-state index >= 15 is 0 Å². The second-order valence-electron chi connectivity index (χ2n) is 4.65. The molecule has 0 aliphatic heterocycles. The van der Waals surface area contributed by atoms with Gasteiger partial charge in [-0.1, -0.05) is 0 Å². The summed E-state index contributed by atoms with van der Waals surface area (Å²) in [6, 6.07) is 12.9. The molecule has 2 aromatic carbocycles. The maximum atomic E-state index is 13.1. The number of nitrogens with one attached hydrogen (secondary N) is 1. The first-order valence-electron chi connectivity index (χ1n) is 6.46. The minimum absolute atomic E-state index is 0.223. The third kappa shape index (κ3) is 2.64. The molecule has 0 saturated carbocycles. The van der Waals surface area contributed by atoms with Crippen LogP contribution in [0, 0.1) is 11.6 Å². The second-order valence-corrected chi connectivity index (χ2v) is 4.65. The lowest BCUT2D eigenvalue weighted by molar-refractivity contribution is 0.627. The number of rotatable bonds is 4. The summed E-state index contributed by atoms with van der Waals surface area (Å²) in [5.41, 5.74) is 1.89. The molecule has 20 heavy (non-hydrogen) atoms. The van der Waals surface area contributed by atoms with Gasteiger partial charge in [-0.2, -0.15) is 0 Å².